The first kappa shape index (κ1) is 7.56. The molecule has 2 aliphatic heterocycles. The van der Waals surface area contributed by atoms with E-state index in [0.717, 1.165) is 5.92 Å². The topological polar surface area (TPSA) is 21.3 Å². The third kappa shape index (κ3) is 1.74. The Morgan fingerprint density at radius 3 is 2.64 bits per heavy atom. The Kier molecular flexibility index (Phi) is 2.14. The minimum Gasteiger partial charge on any atom is -0.375 e. The summed E-state index contributed by atoms with van der Waals surface area (Å²) in [7, 11) is 0. The Hall–Kier alpha value is -0.0800. The van der Waals surface area contributed by atoms with E-state index in [1.165, 1.54) is 32.4 Å². The minimum atomic E-state index is 0.521. The lowest BCUT2D eigenvalue weighted by Gasteiger charge is -2.29. The highest BCUT2D eigenvalue weighted by Gasteiger charge is 2.27. The smallest absolute Gasteiger partial charge is 0.0583 e. The van der Waals surface area contributed by atoms with Gasteiger partial charge in [-0.05, 0) is 45.2 Å². The van der Waals surface area contributed by atoms with Crippen molar-refractivity contribution in [2.75, 3.05) is 13.1 Å². The zero-order valence-corrected chi connectivity index (χ0v) is 7.18. The average Bonchev–Trinajstić information content (AvgIpc) is 2.27. The summed E-state index contributed by atoms with van der Waals surface area (Å²) in [6.45, 7) is 4.61. The van der Waals surface area contributed by atoms with E-state index in [2.05, 4.69) is 12.2 Å². The second-order valence-electron chi connectivity index (χ2n) is 3.91. The lowest BCUT2D eigenvalue weighted by Crippen LogP contribution is -2.43. The molecule has 2 nitrogen and oxygen atoms in total. The number of ether oxygens (including phenoxy) is 1. The zero-order chi connectivity index (χ0) is 7.68. The van der Waals surface area contributed by atoms with Crippen molar-refractivity contribution in [1.29, 1.82) is 0 Å². The van der Waals surface area contributed by atoms with Crippen LogP contribution in [0.4, 0.5) is 0 Å². The molecule has 0 bridgehead atoms. The van der Waals surface area contributed by atoms with Crippen LogP contribution in [0.2, 0.25) is 0 Å². The van der Waals surface area contributed by atoms with Crippen LogP contribution in [-0.2, 0) is 4.74 Å². The SMILES string of the molecule is CC1CCC(CC2CNC2)O1. The highest BCUT2D eigenvalue weighted by atomic mass is 16.5. The van der Waals surface area contributed by atoms with E-state index in [4.69, 9.17) is 4.74 Å². The molecule has 0 aliphatic carbocycles. The van der Waals surface area contributed by atoms with Crippen LogP contribution >= 0.6 is 0 Å². The fourth-order valence-corrected chi connectivity index (χ4v) is 1.95. The van der Waals surface area contributed by atoms with Crippen LogP contribution in [0.25, 0.3) is 0 Å². The molecule has 0 aromatic rings. The van der Waals surface area contributed by atoms with Crippen molar-refractivity contribution in [2.45, 2.75) is 38.4 Å². The van der Waals surface area contributed by atoms with Crippen molar-refractivity contribution in [2.24, 2.45) is 5.92 Å². The van der Waals surface area contributed by atoms with Crippen molar-refractivity contribution in [3.63, 3.8) is 0 Å². The Bertz CT molecular complexity index is 134. The predicted molar refractivity (Wildman–Crippen MR) is 44.5 cm³/mol. The molecule has 0 aromatic carbocycles. The van der Waals surface area contributed by atoms with Gasteiger partial charge in [0.1, 0.15) is 0 Å². The summed E-state index contributed by atoms with van der Waals surface area (Å²) in [4.78, 5) is 0. The highest BCUT2D eigenvalue weighted by Crippen LogP contribution is 2.25. The molecular formula is C9H17NO. The van der Waals surface area contributed by atoms with Gasteiger partial charge in [0.25, 0.3) is 0 Å². The van der Waals surface area contributed by atoms with Crippen LogP contribution in [0.5, 0.6) is 0 Å². The Labute approximate surface area is 68.3 Å². The first-order valence-electron chi connectivity index (χ1n) is 4.71. The molecule has 2 saturated heterocycles. The number of hydrogen-bond acceptors (Lipinski definition) is 2. The van der Waals surface area contributed by atoms with Crippen molar-refractivity contribution < 1.29 is 4.74 Å². The van der Waals surface area contributed by atoms with Crippen molar-refractivity contribution >= 4 is 0 Å². The molecule has 0 aromatic heterocycles. The molecule has 0 saturated carbocycles. The van der Waals surface area contributed by atoms with E-state index >= 15 is 0 Å². The summed E-state index contributed by atoms with van der Waals surface area (Å²) in [5, 5.41) is 3.29. The fourth-order valence-electron chi connectivity index (χ4n) is 1.95. The molecule has 2 heteroatoms. The molecule has 1 N–H and O–H groups in total. The van der Waals surface area contributed by atoms with E-state index in [1.807, 2.05) is 0 Å². The van der Waals surface area contributed by atoms with E-state index < -0.39 is 0 Å². The van der Waals surface area contributed by atoms with Gasteiger partial charge in [-0.2, -0.15) is 0 Å². The fraction of sp³-hybridized carbons (Fsp3) is 1.00. The Balaban J connectivity index is 1.70. The summed E-state index contributed by atoms with van der Waals surface area (Å²) in [5.41, 5.74) is 0. The summed E-state index contributed by atoms with van der Waals surface area (Å²) in [6.07, 6.45) is 4.95. The maximum absolute atomic E-state index is 5.74. The first-order chi connectivity index (χ1) is 5.34. The van der Waals surface area contributed by atoms with Gasteiger partial charge in [-0.1, -0.05) is 0 Å². The van der Waals surface area contributed by atoms with Crippen LogP contribution in [0.3, 0.4) is 0 Å². The zero-order valence-electron chi connectivity index (χ0n) is 7.18. The van der Waals surface area contributed by atoms with E-state index in [0.29, 0.717) is 12.2 Å². The van der Waals surface area contributed by atoms with Gasteiger partial charge in [0.15, 0.2) is 0 Å². The minimum absolute atomic E-state index is 0.521. The van der Waals surface area contributed by atoms with Crippen LogP contribution in [0, 0.1) is 5.92 Å². The molecule has 0 amide bonds. The van der Waals surface area contributed by atoms with Gasteiger partial charge < -0.3 is 10.1 Å². The molecule has 64 valence electrons. The summed E-state index contributed by atoms with van der Waals surface area (Å²) in [6, 6.07) is 0. The van der Waals surface area contributed by atoms with E-state index in [1.54, 1.807) is 0 Å². The van der Waals surface area contributed by atoms with Gasteiger partial charge in [-0.3, -0.25) is 0 Å². The molecule has 11 heavy (non-hydrogen) atoms. The highest BCUT2D eigenvalue weighted by molar-refractivity contribution is 4.80. The average molecular weight is 155 g/mol. The molecule has 2 unspecified atom stereocenters. The second kappa shape index (κ2) is 3.11. The van der Waals surface area contributed by atoms with Crippen LogP contribution in [0.15, 0.2) is 0 Å². The van der Waals surface area contributed by atoms with Crippen molar-refractivity contribution in [3.05, 3.63) is 0 Å². The van der Waals surface area contributed by atoms with Gasteiger partial charge in [-0.15, -0.1) is 0 Å². The predicted octanol–water partition coefficient (Wildman–Crippen LogP) is 1.16. The van der Waals surface area contributed by atoms with Crippen molar-refractivity contribution in [1.82, 2.24) is 5.32 Å². The van der Waals surface area contributed by atoms with Gasteiger partial charge in [0, 0.05) is 0 Å². The quantitative estimate of drug-likeness (QED) is 0.646. The molecule has 2 heterocycles. The van der Waals surface area contributed by atoms with E-state index in [-0.39, 0.29) is 0 Å². The van der Waals surface area contributed by atoms with Crippen LogP contribution in [0.1, 0.15) is 26.2 Å². The third-order valence-corrected chi connectivity index (χ3v) is 2.78. The Morgan fingerprint density at radius 2 is 2.18 bits per heavy atom. The third-order valence-electron chi connectivity index (χ3n) is 2.78. The maximum Gasteiger partial charge on any atom is 0.0583 e. The molecule has 0 spiro atoms. The number of rotatable bonds is 2. The number of nitrogens with one attached hydrogen (secondary N) is 1. The Morgan fingerprint density at radius 1 is 1.36 bits per heavy atom. The van der Waals surface area contributed by atoms with Crippen LogP contribution < -0.4 is 5.32 Å². The molecular weight excluding hydrogens is 138 g/mol. The molecule has 2 rings (SSSR count). The van der Waals surface area contributed by atoms with Gasteiger partial charge in [-0.25, -0.2) is 0 Å². The van der Waals surface area contributed by atoms with Crippen LogP contribution in [-0.4, -0.2) is 25.3 Å². The largest absolute Gasteiger partial charge is 0.375 e. The summed E-state index contributed by atoms with van der Waals surface area (Å²) < 4.78 is 5.74. The standard InChI is InChI=1S/C9H17NO/c1-7-2-3-9(11-7)4-8-5-10-6-8/h7-10H,2-6H2,1H3. The van der Waals surface area contributed by atoms with E-state index in [9.17, 15) is 0 Å². The van der Waals surface area contributed by atoms with Gasteiger partial charge in [0.2, 0.25) is 0 Å². The normalized spacial score (nSPS) is 39.0. The summed E-state index contributed by atoms with van der Waals surface area (Å²) in [5.74, 6) is 0.908. The van der Waals surface area contributed by atoms with Gasteiger partial charge >= 0.3 is 0 Å². The number of hydrogen-bond donors (Lipinski definition) is 1. The lowest BCUT2D eigenvalue weighted by atomic mass is 9.95. The molecule has 2 fully saturated rings. The maximum atomic E-state index is 5.74. The molecule has 2 atom stereocenters. The first-order valence-corrected chi connectivity index (χ1v) is 4.71. The van der Waals surface area contributed by atoms with Crippen molar-refractivity contribution in [3.8, 4) is 0 Å². The van der Waals surface area contributed by atoms with Gasteiger partial charge in [0.05, 0.1) is 12.2 Å². The second-order valence-corrected chi connectivity index (χ2v) is 3.91. The monoisotopic (exact) mass is 155 g/mol. The summed E-state index contributed by atoms with van der Waals surface area (Å²) >= 11 is 0. The lowest BCUT2D eigenvalue weighted by molar-refractivity contribution is 0.0353. The molecule has 2 aliphatic rings. The molecule has 0 radical (unpaired) electrons.